The van der Waals surface area contributed by atoms with Crippen LogP contribution in [0.1, 0.15) is 25.3 Å². The Balaban J connectivity index is 2.29. The van der Waals surface area contributed by atoms with Crippen LogP contribution in [0.15, 0.2) is 18.2 Å². The molecule has 0 saturated heterocycles. The van der Waals surface area contributed by atoms with Crippen molar-refractivity contribution >= 4 is 27.5 Å². The molecular weight excluding hydrogens is 297 g/mol. The molecule has 1 aromatic rings. The Morgan fingerprint density at radius 1 is 1.44 bits per heavy atom. The minimum Gasteiger partial charge on any atom is -0.312 e. The van der Waals surface area contributed by atoms with E-state index in [1.165, 1.54) is 12.1 Å². The number of hydrogen-bond donors (Lipinski definition) is 0. The van der Waals surface area contributed by atoms with E-state index >= 15 is 0 Å². The van der Waals surface area contributed by atoms with E-state index in [-0.39, 0.29) is 11.7 Å². The van der Waals surface area contributed by atoms with Crippen molar-refractivity contribution < 1.29 is 9.18 Å². The van der Waals surface area contributed by atoms with E-state index in [1.54, 1.807) is 11.0 Å². The van der Waals surface area contributed by atoms with E-state index in [0.29, 0.717) is 18.9 Å². The SMILES string of the molecule is CCC(CBr)CN1C(=O)CCc2ccc(F)cc21. The number of aryl methyl sites for hydroxylation is 1. The molecule has 0 saturated carbocycles. The third-order valence-electron chi connectivity index (χ3n) is 3.48. The van der Waals surface area contributed by atoms with Crippen LogP contribution in [0, 0.1) is 11.7 Å². The van der Waals surface area contributed by atoms with E-state index in [4.69, 9.17) is 0 Å². The molecule has 18 heavy (non-hydrogen) atoms. The number of nitrogens with zero attached hydrogens (tertiary/aromatic N) is 1. The van der Waals surface area contributed by atoms with Crippen LogP contribution in [-0.4, -0.2) is 17.8 Å². The maximum Gasteiger partial charge on any atom is 0.227 e. The van der Waals surface area contributed by atoms with E-state index < -0.39 is 0 Å². The first-order chi connectivity index (χ1) is 8.65. The molecule has 1 unspecified atom stereocenters. The summed E-state index contributed by atoms with van der Waals surface area (Å²) in [6.45, 7) is 2.77. The van der Waals surface area contributed by atoms with Gasteiger partial charge in [0.1, 0.15) is 5.82 Å². The first kappa shape index (κ1) is 13.5. The molecule has 0 bridgehead atoms. The number of carbonyl (C=O) groups is 1. The van der Waals surface area contributed by atoms with Crippen LogP contribution in [-0.2, 0) is 11.2 Å². The number of carbonyl (C=O) groups excluding carboxylic acids is 1. The number of hydrogen-bond acceptors (Lipinski definition) is 1. The molecule has 0 spiro atoms. The number of fused-ring (bicyclic) bond motifs is 1. The Labute approximate surface area is 115 Å². The van der Waals surface area contributed by atoms with Gasteiger partial charge in [0.05, 0.1) is 0 Å². The Morgan fingerprint density at radius 2 is 2.22 bits per heavy atom. The number of rotatable bonds is 4. The summed E-state index contributed by atoms with van der Waals surface area (Å²) in [5.74, 6) is 0.232. The predicted octanol–water partition coefficient (Wildman–Crippen LogP) is 3.53. The van der Waals surface area contributed by atoms with Crippen molar-refractivity contribution in [3.05, 3.63) is 29.6 Å². The molecule has 0 N–H and O–H groups in total. The van der Waals surface area contributed by atoms with Gasteiger partial charge in [-0.15, -0.1) is 0 Å². The molecule has 0 aromatic heterocycles. The van der Waals surface area contributed by atoms with Gasteiger partial charge in [0.25, 0.3) is 0 Å². The van der Waals surface area contributed by atoms with Gasteiger partial charge in [0.15, 0.2) is 0 Å². The fourth-order valence-electron chi connectivity index (χ4n) is 2.26. The lowest BCUT2D eigenvalue weighted by molar-refractivity contribution is -0.119. The predicted molar refractivity (Wildman–Crippen MR) is 74.6 cm³/mol. The second-order valence-corrected chi connectivity index (χ2v) is 5.35. The Kier molecular flexibility index (Phi) is 4.38. The van der Waals surface area contributed by atoms with E-state index in [0.717, 1.165) is 29.4 Å². The average Bonchev–Trinajstić information content (AvgIpc) is 2.38. The fraction of sp³-hybridized carbons (Fsp3) is 0.500. The number of amides is 1. The van der Waals surface area contributed by atoms with Gasteiger partial charge in [-0.25, -0.2) is 4.39 Å². The Morgan fingerprint density at radius 3 is 2.89 bits per heavy atom. The van der Waals surface area contributed by atoms with Crippen molar-refractivity contribution in [2.75, 3.05) is 16.8 Å². The summed E-state index contributed by atoms with van der Waals surface area (Å²) >= 11 is 3.47. The highest BCUT2D eigenvalue weighted by Crippen LogP contribution is 2.29. The largest absolute Gasteiger partial charge is 0.312 e. The summed E-state index contributed by atoms with van der Waals surface area (Å²) in [5.41, 5.74) is 1.83. The van der Waals surface area contributed by atoms with Crippen molar-refractivity contribution in [1.82, 2.24) is 0 Å². The minimum absolute atomic E-state index is 0.104. The van der Waals surface area contributed by atoms with E-state index in [1.807, 2.05) is 0 Å². The van der Waals surface area contributed by atoms with Gasteiger partial charge in [-0.2, -0.15) is 0 Å². The Hall–Kier alpha value is -0.900. The monoisotopic (exact) mass is 313 g/mol. The summed E-state index contributed by atoms with van der Waals surface area (Å²) in [5, 5.41) is 0.859. The standard InChI is InChI=1S/C14H17BrFNO/c1-2-10(8-15)9-17-13-7-12(16)5-3-11(13)4-6-14(17)18/h3,5,7,10H,2,4,6,8-9H2,1H3. The van der Waals surface area contributed by atoms with Gasteiger partial charge in [-0.1, -0.05) is 35.3 Å². The van der Waals surface area contributed by atoms with Crippen molar-refractivity contribution in [3.8, 4) is 0 Å². The lowest BCUT2D eigenvalue weighted by atomic mass is 9.99. The lowest BCUT2D eigenvalue weighted by Gasteiger charge is -2.31. The van der Waals surface area contributed by atoms with Crippen LogP contribution in [0.2, 0.25) is 0 Å². The Bertz CT molecular complexity index is 445. The van der Waals surface area contributed by atoms with E-state index in [9.17, 15) is 9.18 Å². The van der Waals surface area contributed by atoms with Crippen LogP contribution >= 0.6 is 15.9 Å². The van der Waals surface area contributed by atoms with Gasteiger partial charge in [-0.3, -0.25) is 4.79 Å². The molecule has 1 heterocycles. The van der Waals surface area contributed by atoms with Gasteiger partial charge >= 0.3 is 0 Å². The van der Waals surface area contributed by atoms with Gasteiger partial charge in [0, 0.05) is 24.0 Å². The fourth-order valence-corrected chi connectivity index (χ4v) is 2.92. The molecule has 2 nitrogen and oxygen atoms in total. The van der Waals surface area contributed by atoms with Crippen molar-refractivity contribution in [2.24, 2.45) is 5.92 Å². The molecule has 2 rings (SSSR count). The molecular formula is C14H17BrFNO. The molecule has 1 aliphatic heterocycles. The van der Waals surface area contributed by atoms with Crippen molar-refractivity contribution in [3.63, 3.8) is 0 Å². The van der Waals surface area contributed by atoms with E-state index in [2.05, 4.69) is 22.9 Å². The van der Waals surface area contributed by atoms with Crippen LogP contribution in [0.5, 0.6) is 0 Å². The molecule has 4 heteroatoms. The normalized spacial score (nSPS) is 16.6. The smallest absolute Gasteiger partial charge is 0.227 e. The summed E-state index contributed by atoms with van der Waals surface area (Å²) in [6, 6.07) is 4.74. The van der Waals surface area contributed by atoms with Crippen molar-refractivity contribution in [2.45, 2.75) is 26.2 Å². The van der Waals surface area contributed by atoms with Gasteiger partial charge < -0.3 is 4.90 Å². The van der Waals surface area contributed by atoms with Crippen LogP contribution in [0.25, 0.3) is 0 Å². The maximum absolute atomic E-state index is 13.3. The van der Waals surface area contributed by atoms with Crippen LogP contribution in [0.3, 0.4) is 0 Å². The third kappa shape index (κ3) is 2.74. The zero-order valence-corrected chi connectivity index (χ0v) is 12.0. The van der Waals surface area contributed by atoms with Gasteiger partial charge in [0.2, 0.25) is 5.91 Å². The molecule has 1 aromatic carbocycles. The first-order valence-electron chi connectivity index (χ1n) is 6.30. The zero-order valence-electron chi connectivity index (χ0n) is 10.5. The number of anilines is 1. The van der Waals surface area contributed by atoms with Crippen LogP contribution in [0.4, 0.5) is 10.1 Å². The second-order valence-electron chi connectivity index (χ2n) is 4.71. The molecule has 1 aliphatic rings. The molecule has 1 atom stereocenters. The summed E-state index contributed by atoms with van der Waals surface area (Å²) in [7, 11) is 0. The summed E-state index contributed by atoms with van der Waals surface area (Å²) in [6.07, 6.45) is 2.24. The first-order valence-corrected chi connectivity index (χ1v) is 7.42. The molecule has 0 radical (unpaired) electrons. The lowest BCUT2D eigenvalue weighted by Crippen LogP contribution is -2.39. The highest BCUT2D eigenvalue weighted by molar-refractivity contribution is 9.09. The quantitative estimate of drug-likeness (QED) is 0.779. The molecule has 1 amide bonds. The zero-order chi connectivity index (χ0) is 13.1. The number of alkyl halides is 1. The summed E-state index contributed by atoms with van der Waals surface area (Å²) in [4.78, 5) is 13.8. The molecule has 98 valence electrons. The van der Waals surface area contributed by atoms with Crippen molar-refractivity contribution in [1.29, 1.82) is 0 Å². The van der Waals surface area contributed by atoms with Crippen LogP contribution < -0.4 is 4.90 Å². The van der Waals surface area contributed by atoms with Gasteiger partial charge in [-0.05, 0) is 30.0 Å². The maximum atomic E-state index is 13.3. The molecule has 0 fully saturated rings. The molecule has 0 aliphatic carbocycles. The minimum atomic E-state index is -0.277. The topological polar surface area (TPSA) is 20.3 Å². The third-order valence-corrected chi connectivity index (χ3v) is 4.40. The average molecular weight is 314 g/mol. The highest BCUT2D eigenvalue weighted by atomic mass is 79.9. The highest BCUT2D eigenvalue weighted by Gasteiger charge is 2.26. The second kappa shape index (κ2) is 5.83. The number of halogens is 2. The summed E-state index contributed by atoms with van der Waals surface area (Å²) < 4.78 is 13.3. The number of benzene rings is 1.